The number of amidine groups is 1. The average molecular weight is 1120 g/mol. The fourth-order valence-corrected chi connectivity index (χ4v) is 12.4. The SMILES string of the molecule is CC.CC.c1ccc(-c2ccc(Cc3ccc(-c4ccc(-c5ccc(-c6ccc(-c7ccccc7)nc6-c6ccccc6)cc5)c5c4CN=C(c4ccc(C6=Nc7ccccc7CN6c6ccccc6)cc4)S5)cc3)c(-c3ccccc3)n2)cc1. The average Bonchev–Trinajstić information content (AvgIpc) is 3.08. The molecule has 0 saturated carbocycles. The van der Waals surface area contributed by atoms with Crippen molar-refractivity contribution in [2.75, 3.05) is 4.90 Å². The number of thioether (sulfide) groups is 1. The third-order valence-corrected chi connectivity index (χ3v) is 16.6. The van der Waals surface area contributed by atoms with Crippen LogP contribution in [0.1, 0.15) is 61.1 Å². The van der Waals surface area contributed by atoms with Crippen molar-refractivity contribution in [2.24, 2.45) is 9.98 Å². The van der Waals surface area contributed by atoms with Crippen molar-refractivity contribution in [3.8, 4) is 78.4 Å². The molecule has 0 fully saturated rings. The van der Waals surface area contributed by atoms with Gasteiger partial charge in [-0.3, -0.25) is 4.99 Å². The lowest BCUT2D eigenvalue weighted by Crippen LogP contribution is -2.33. The number of para-hydroxylation sites is 2. The summed E-state index contributed by atoms with van der Waals surface area (Å²) in [5, 5.41) is 0.994. The van der Waals surface area contributed by atoms with Gasteiger partial charge in [0.25, 0.3) is 0 Å². The Morgan fingerprint density at radius 2 is 0.835 bits per heavy atom. The van der Waals surface area contributed by atoms with Crippen molar-refractivity contribution in [3.05, 3.63) is 318 Å². The van der Waals surface area contributed by atoms with Crippen molar-refractivity contribution < 1.29 is 0 Å². The lowest BCUT2D eigenvalue weighted by atomic mass is 9.92. The summed E-state index contributed by atoms with van der Waals surface area (Å²) >= 11 is 1.77. The fraction of sp³-hybridized carbons (Fsp3) is 0.0886. The molecular formula is C79H65N5S. The lowest BCUT2D eigenvalue weighted by Gasteiger charge is -2.31. The van der Waals surface area contributed by atoms with Gasteiger partial charge in [-0.05, 0) is 86.8 Å². The second kappa shape index (κ2) is 26.1. The Morgan fingerprint density at radius 3 is 1.46 bits per heavy atom. The minimum atomic E-state index is 0.549. The zero-order valence-electron chi connectivity index (χ0n) is 48.4. The van der Waals surface area contributed by atoms with E-state index in [9.17, 15) is 0 Å². The number of fused-ring (bicyclic) bond motifs is 2. The predicted octanol–water partition coefficient (Wildman–Crippen LogP) is 20.9. The van der Waals surface area contributed by atoms with E-state index in [1.807, 2.05) is 39.8 Å². The van der Waals surface area contributed by atoms with Crippen molar-refractivity contribution in [2.45, 2.75) is 52.1 Å². The number of nitrogens with zero attached hydrogens (tertiary/aromatic N) is 5. The molecule has 5 nitrogen and oxygen atoms in total. The molecule has 0 saturated heterocycles. The number of aromatic nitrogens is 2. The maximum absolute atomic E-state index is 5.38. The zero-order valence-corrected chi connectivity index (χ0v) is 49.2. The topological polar surface area (TPSA) is 53.7 Å². The molecule has 0 spiro atoms. The van der Waals surface area contributed by atoms with Crippen LogP contribution >= 0.6 is 11.8 Å². The summed E-state index contributed by atoms with van der Waals surface area (Å²) in [4.78, 5) is 24.7. The summed E-state index contributed by atoms with van der Waals surface area (Å²) in [5.41, 5.74) is 24.3. The van der Waals surface area contributed by atoms with Gasteiger partial charge in [-0.15, -0.1) is 0 Å². The van der Waals surface area contributed by atoms with Crippen LogP contribution < -0.4 is 4.90 Å². The van der Waals surface area contributed by atoms with E-state index in [0.29, 0.717) is 6.54 Å². The Balaban J connectivity index is 0.00000174. The molecule has 0 bridgehead atoms. The number of hydrogen-bond acceptors (Lipinski definition) is 6. The molecule has 14 rings (SSSR count). The summed E-state index contributed by atoms with van der Waals surface area (Å²) in [6.07, 6.45) is 0.757. The molecule has 12 aromatic rings. The second-order valence-corrected chi connectivity index (χ2v) is 21.5. The van der Waals surface area contributed by atoms with Crippen LogP contribution in [-0.2, 0) is 19.5 Å². The highest BCUT2D eigenvalue weighted by Crippen LogP contribution is 2.45. The Kier molecular flexibility index (Phi) is 17.0. The highest BCUT2D eigenvalue weighted by Gasteiger charge is 2.26. The molecule has 0 N–H and O–H groups in total. The number of rotatable bonds is 12. The minimum Gasteiger partial charge on any atom is -0.321 e. The molecule has 2 aliphatic rings. The van der Waals surface area contributed by atoms with Crippen LogP contribution in [-0.4, -0.2) is 20.8 Å². The van der Waals surface area contributed by atoms with Crippen LogP contribution in [0.4, 0.5) is 11.4 Å². The van der Waals surface area contributed by atoms with Crippen LogP contribution in [0.3, 0.4) is 0 Å². The van der Waals surface area contributed by atoms with E-state index in [4.69, 9.17) is 20.0 Å². The number of anilines is 1. The monoisotopic (exact) mass is 1120 g/mol. The second-order valence-electron chi connectivity index (χ2n) is 20.5. The quantitative estimate of drug-likeness (QED) is 0.122. The molecule has 10 aromatic carbocycles. The largest absolute Gasteiger partial charge is 0.321 e. The van der Waals surface area contributed by atoms with Crippen LogP contribution in [0, 0.1) is 0 Å². The summed E-state index contributed by atoms with van der Waals surface area (Å²) in [5.74, 6) is 0.935. The third-order valence-electron chi connectivity index (χ3n) is 15.4. The van der Waals surface area contributed by atoms with Gasteiger partial charge < -0.3 is 4.90 Å². The Bertz CT molecular complexity index is 4280. The van der Waals surface area contributed by atoms with E-state index in [1.54, 1.807) is 11.8 Å². The summed E-state index contributed by atoms with van der Waals surface area (Å²) in [7, 11) is 0. The Hall–Kier alpha value is -10.0. The van der Waals surface area contributed by atoms with Crippen LogP contribution in [0.15, 0.2) is 300 Å². The molecule has 4 heterocycles. The van der Waals surface area contributed by atoms with Gasteiger partial charge in [0.15, 0.2) is 0 Å². The van der Waals surface area contributed by atoms with Gasteiger partial charge in [0.2, 0.25) is 0 Å². The van der Waals surface area contributed by atoms with E-state index < -0.39 is 0 Å². The molecule has 0 aliphatic carbocycles. The standard InChI is InChI=1S/C75H53N5S.2C2H6/c1-6-18-55(19-7-1)69-46-42-61(71(77-69)57-22-10-3-11-23-57)48-51-30-32-52(33-31-51)64-43-44-66(54-36-34-53(35-37-54)65-45-47-70(56-20-8-2-9-21-56)78-72(65)58-24-12-4-13-25-58)73-67(64)49-76-75(81-73)60-40-38-59(39-41-60)74-79-68-29-17-16-26-62(68)50-80(74)63-27-14-5-15-28-63;2*1-2/h1-47H,48-50H2;2*1-2H3. The Morgan fingerprint density at radius 1 is 0.376 bits per heavy atom. The maximum Gasteiger partial charge on any atom is 0.141 e. The minimum absolute atomic E-state index is 0.549. The first-order chi connectivity index (χ1) is 42.1. The lowest BCUT2D eigenvalue weighted by molar-refractivity contribution is 0.977. The number of hydrogen-bond donors (Lipinski definition) is 0. The molecule has 0 radical (unpaired) electrons. The zero-order chi connectivity index (χ0) is 57.9. The number of aliphatic imine (C=N–C) groups is 2. The van der Waals surface area contributed by atoms with E-state index in [-0.39, 0.29) is 0 Å². The van der Waals surface area contributed by atoms with E-state index in [0.717, 1.165) is 108 Å². The Labute approximate surface area is 504 Å². The van der Waals surface area contributed by atoms with Crippen molar-refractivity contribution in [1.29, 1.82) is 0 Å². The molecule has 0 unspecified atom stereocenters. The maximum atomic E-state index is 5.38. The highest BCUT2D eigenvalue weighted by molar-refractivity contribution is 8.14. The molecule has 2 aliphatic heterocycles. The van der Waals surface area contributed by atoms with Crippen LogP contribution in [0.25, 0.3) is 78.4 Å². The van der Waals surface area contributed by atoms with Gasteiger partial charge in [0, 0.05) is 49.5 Å². The predicted molar refractivity (Wildman–Crippen MR) is 360 cm³/mol. The van der Waals surface area contributed by atoms with E-state index in [1.165, 1.54) is 43.8 Å². The van der Waals surface area contributed by atoms with Gasteiger partial charge in [-0.2, -0.15) is 0 Å². The molecule has 412 valence electrons. The van der Waals surface area contributed by atoms with Crippen LogP contribution in [0.2, 0.25) is 0 Å². The van der Waals surface area contributed by atoms with Gasteiger partial charge in [-0.1, -0.05) is 294 Å². The van der Waals surface area contributed by atoms with Gasteiger partial charge in [-0.25, -0.2) is 15.0 Å². The molecular weight excluding hydrogens is 1050 g/mol. The number of benzene rings is 10. The first-order valence-corrected chi connectivity index (χ1v) is 30.4. The number of pyridine rings is 2. The van der Waals surface area contributed by atoms with Gasteiger partial charge in [0.05, 0.1) is 41.6 Å². The van der Waals surface area contributed by atoms with E-state index >= 15 is 0 Å². The van der Waals surface area contributed by atoms with Crippen molar-refractivity contribution >= 4 is 34.0 Å². The molecule has 85 heavy (non-hydrogen) atoms. The molecule has 6 heteroatoms. The summed E-state index contributed by atoms with van der Waals surface area (Å²) in [6.45, 7) is 9.30. The smallest absolute Gasteiger partial charge is 0.141 e. The highest BCUT2D eigenvalue weighted by atomic mass is 32.2. The molecule has 0 amide bonds. The normalized spacial score (nSPS) is 12.3. The molecule has 2 aromatic heterocycles. The summed E-state index contributed by atoms with van der Waals surface area (Å²) in [6, 6.07) is 101. The van der Waals surface area contributed by atoms with Gasteiger partial charge in [0.1, 0.15) is 10.9 Å². The first kappa shape index (κ1) is 55.5. The summed E-state index contributed by atoms with van der Waals surface area (Å²) < 4.78 is 0. The van der Waals surface area contributed by atoms with Gasteiger partial charge >= 0.3 is 0 Å². The fourth-order valence-electron chi connectivity index (χ4n) is 11.2. The van der Waals surface area contributed by atoms with Crippen molar-refractivity contribution in [3.63, 3.8) is 0 Å². The van der Waals surface area contributed by atoms with Crippen molar-refractivity contribution in [1.82, 2.24) is 9.97 Å². The molecule has 0 atom stereocenters. The third kappa shape index (κ3) is 12.0. The van der Waals surface area contributed by atoms with Crippen LogP contribution in [0.5, 0.6) is 0 Å². The first-order valence-electron chi connectivity index (χ1n) is 29.5. The van der Waals surface area contributed by atoms with E-state index in [2.05, 4.69) is 278 Å².